The lowest BCUT2D eigenvalue weighted by Gasteiger charge is -2.35. The van der Waals surface area contributed by atoms with Crippen molar-refractivity contribution in [1.82, 2.24) is 19.6 Å². The van der Waals surface area contributed by atoms with E-state index >= 15 is 0 Å². The Morgan fingerprint density at radius 1 is 1.00 bits per heavy atom. The van der Waals surface area contributed by atoms with E-state index in [2.05, 4.69) is 29.7 Å². The predicted octanol–water partition coefficient (Wildman–Crippen LogP) is 5.25. The number of piperazine rings is 1. The van der Waals surface area contributed by atoms with Crippen LogP contribution in [0.15, 0.2) is 48.5 Å². The van der Waals surface area contributed by atoms with Crippen LogP contribution in [0, 0.1) is 12.8 Å². The molecule has 1 saturated heterocycles. The third-order valence-corrected chi connectivity index (χ3v) is 7.44. The molecule has 9 heteroatoms. The first-order valence-electron chi connectivity index (χ1n) is 14.0. The maximum absolute atomic E-state index is 12.8. The third-order valence-electron chi connectivity index (χ3n) is 7.00. The fourth-order valence-corrected chi connectivity index (χ4v) is 5.46. The molecule has 0 spiro atoms. The Bertz CT molecular complexity index is 1230. The molecule has 40 heavy (non-hydrogen) atoms. The highest BCUT2D eigenvalue weighted by atomic mass is 35.5. The monoisotopic (exact) mass is 586 g/mol. The second-order valence-corrected chi connectivity index (χ2v) is 12.0. The van der Waals surface area contributed by atoms with E-state index in [0.717, 1.165) is 55.4 Å². The van der Waals surface area contributed by atoms with Crippen LogP contribution in [0.4, 0.5) is 0 Å². The molecule has 0 saturated carbocycles. The number of hydrogen-bond donors (Lipinski definition) is 1. The number of ether oxygens (including phenoxy) is 1. The molecule has 2 heterocycles. The van der Waals surface area contributed by atoms with Crippen LogP contribution in [0.1, 0.15) is 37.2 Å². The summed E-state index contributed by atoms with van der Waals surface area (Å²) in [5.74, 6) is 1.44. The Balaban J connectivity index is 1.21. The van der Waals surface area contributed by atoms with Gasteiger partial charge in [-0.3, -0.25) is 14.6 Å². The molecule has 1 aromatic heterocycles. The Labute approximate surface area is 247 Å². The van der Waals surface area contributed by atoms with Gasteiger partial charge in [0, 0.05) is 54.9 Å². The number of hydrogen-bond acceptors (Lipinski definition) is 6. The van der Waals surface area contributed by atoms with Crippen molar-refractivity contribution in [3.05, 3.63) is 75.5 Å². The number of aliphatic hydroxyl groups is 1. The van der Waals surface area contributed by atoms with Crippen LogP contribution in [0.2, 0.25) is 10.0 Å². The largest absolute Gasteiger partial charge is 0.491 e. The smallest absolute Gasteiger partial charge is 0.147 e. The number of β-amino-alcohol motifs (C(OH)–C–C–N with tert-alkyl or cyclic N) is 1. The molecule has 1 aliphatic rings. The van der Waals surface area contributed by atoms with Crippen molar-refractivity contribution in [1.29, 1.82) is 0 Å². The molecular weight excluding hydrogens is 547 g/mol. The number of rotatable bonds is 13. The summed E-state index contributed by atoms with van der Waals surface area (Å²) in [7, 11) is 0. The highest BCUT2D eigenvalue weighted by Crippen LogP contribution is 2.24. The molecule has 7 nitrogen and oxygen atoms in total. The van der Waals surface area contributed by atoms with Crippen LogP contribution >= 0.6 is 23.2 Å². The molecule has 0 bridgehead atoms. The number of carbonyl (C=O) groups excluding carboxylic acids is 1. The summed E-state index contributed by atoms with van der Waals surface area (Å²) >= 11 is 12.5. The summed E-state index contributed by atoms with van der Waals surface area (Å²) in [5, 5.41) is 16.4. The summed E-state index contributed by atoms with van der Waals surface area (Å²) in [6.07, 6.45) is 1.35. The second-order valence-electron chi connectivity index (χ2n) is 11.2. The topological polar surface area (TPSA) is 70.8 Å². The lowest BCUT2D eigenvalue weighted by atomic mass is 10.1. The summed E-state index contributed by atoms with van der Waals surface area (Å²) in [5.41, 5.74) is 3.98. The molecule has 0 aliphatic carbocycles. The molecule has 3 aromatic rings. The number of aryl methyl sites for hydroxylation is 2. The zero-order valence-corrected chi connectivity index (χ0v) is 25.2. The Morgan fingerprint density at radius 2 is 1.65 bits per heavy atom. The number of benzene rings is 2. The van der Waals surface area contributed by atoms with Crippen molar-refractivity contribution < 1.29 is 14.6 Å². The van der Waals surface area contributed by atoms with Crippen molar-refractivity contribution >= 4 is 29.0 Å². The number of Topliss-reactive ketones (excluding diaryl/α,β-unsaturated/α-hetero) is 1. The van der Waals surface area contributed by atoms with E-state index in [0.29, 0.717) is 41.9 Å². The second kappa shape index (κ2) is 14.5. The summed E-state index contributed by atoms with van der Waals surface area (Å²) in [6.45, 7) is 10.9. The number of halogens is 2. The zero-order valence-electron chi connectivity index (χ0n) is 23.7. The minimum absolute atomic E-state index is 0.214. The van der Waals surface area contributed by atoms with Crippen LogP contribution in [-0.4, -0.2) is 82.4 Å². The molecule has 216 valence electrons. The maximum atomic E-state index is 12.8. The Morgan fingerprint density at radius 3 is 2.30 bits per heavy atom. The molecule has 1 aliphatic heterocycles. The molecule has 1 N–H and O–H groups in total. The first-order valence-corrected chi connectivity index (χ1v) is 14.8. The lowest BCUT2D eigenvalue weighted by Crippen LogP contribution is -2.50. The average Bonchev–Trinajstić information content (AvgIpc) is 3.30. The van der Waals surface area contributed by atoms with E-state index in [1.165, 1.54) is 5.56 Å². The van der Waals surface area contributed by atoms with Gasteiger partial charge in [0.05, 0.1) is 17.9 Å². The number of carbonyl (C=O) groups is 1. The van der Waals surface area contributed by atoms with E-state index in [1.54, 1.807) is 6.07 Å². The molecule has 1 fully saturated rings. The highest BCUT2D eigenvalue weighted by molar-refractivity contribution is 6.34. The molecule has 2 aromatic carbocycles. The summed E-state index contributed by atoms with van der Waals surface area (Å²) in [4.78, 5) is 17.3. The molecule has 1 atom stereocenters. The predicted molar refractivity (Wildman–Crippen MR) is 161 cm³/mol. The van der Waals surface area contributed by atoms with Crippen LogP contribution in [0.5, 0.6) is 5.75 Å². The Kier molecular flexibility index (Phi) is 11.0. The van der Waals surface area contributed by atoms with Crippen molar-refractivity contribution in [2.45, 2.75) is 46.1 Å². The van der Waals surface area contributed by atoms with E-state index in [4.69, 9.17) is 33.0 Å². The molecule has 0 unspecified atom stereocenters. The number of nitrogens with zero attached hydrogens (tertiary/aromatic N) is 4. The van der Waals surface area contributed by atoms with Gasteiger partial charge in [-0.2, -0.15) is 5.10 Å². The minimum atomic E-state index is -0.558. The first kappa shape index (κ1) is 30.5. The lowest BCUT2D eigenvalue weighted by molar-refractivity contribution is -0.120. The van der Waals surface area contributed by atoms with Crippen LogP contribution in [-0.2, 0) is 17.6 Å². The zero-order chi connectivity index (χ0) is 28.6. The highest BCUT2D eigenvalue weighted by Gasteiger charge is 2.21. The van der Waals surface area contributed by atoms with Gasteiger partial charge in [-0.1, -0.05) is 54.7 Å². The van der Waals surface area contributed by atoms with Gasteiger partial charge < -0.3 is 9.84 Å². The normalized spacial score (nSPS) is 15.5. The van der Waals surface area contributed by atoms with E-state index < -0.39 is 6.10 Å². The Hall–Kier alpha value is -2.42. The fourth-order valence-electron chi connectivity index (χ4n) is 4.95. The van der Waals surface area contributed by atoms with Crippen LogP contribution in [0.25, 0.3) is 5.69 Å². The van der Waals surface area contributed by atoms with Crippen LogP contribution < -0.4 is 4.74 Å². The quantitative estimate of drug-likeness (QED) is 0.295. The van der Waals surface area contributed by atoms with Gasteiger partial charge in [-0.15, -0.1) is 0 Å². The van der Waals surface area contributed by atoms with Gasteiger partial charge in [0.25, 0.3) is 0 Å². The van der Waals surface area contributed by atoms with Crippen molar-refractivity contribution in [2.75, 3.05) is 45.9 Å². The van der Waals surface area contributed by atoms with Gasteiger partial charge in [0.15, 0.2) is 0 Å². The summed E-state index contributed by atoms with van der Waals surface area (Å²) in [6, 6.07) is 15.3. The van der Waals surface area contributed by atoms with Crippen molar-refractivity contribution in [2.24, 2.45) is 5.92 Å². The number of aromatic nitrogens is 2. The molecular formula is C31H40Cl2N4O3. The van der Waals surface area contributed by atoms with Crippen molar-refractivity contribution in [3.63, 3.8) is 0 Å². The van der Waals surface area contributed by atoms with Crippen LogP contribution in [0.3, 0.4) is 0 Å². The number of aliphatic hydroxyl groups excluding tert-OH is 1. The van der Waals surface area contributed by atoms with E-state index in [-0.39, 0.29) is 12.4 Å². The minimum Gasteiger partial charge on any atom is -0.491 e. The molecule has 4 rings (SSSR count). The van der Waals surface area contributed by atoms with Crippen molar-refractivity contribution in [3.8, 4) is 11.4 Å². The molecule has 0 amide bonds. The standard InChI is InChI=1S/C31H40Cl2N4O3/c1-22(2)14-27-18-26(34-37(27)28-16-24(32)15-25(33)17-28)6-7-29(38)19-35-10-12-36(13-11-35)20-30(39)21-40-31-8-4-23(3)5-9-31/h4-5,8-9,15-18,22,30,39H,6-7,10-14,19-21H2,1-3H3/t30-/m0/s1. The van der Waals surface area contributed by atoms with Gasteiger partial charge in [0.2, 0.25) is 0 Å². The average molecular weight is 588 g/mol. The number of ketones is 1. The fraction of sp³-hybridized carbons (Fsp3) is 0.484. The van der Waals surface area contributed by atoms with E-state index in [9.17, 15) is 9.90 Å². The van der Waals surface area contributed by atoms with Gasteiger partial charge in [-0.25, -0.2) is 4.68 Å². The maximum Gasteiger partial charge on any atom is 0.147 e. The third kappa shape index (κ3) is 9.32. The summed E-state index contributed by atoms with van der Waals surface area (Å²) < 4.78 is 7.61. The van der Waals surface area contributed by atoms with E-state index in [1.807, 2.05) is 48.0 Å². The van der Waals surface area contributed by atoms with Gasteiger partial charge >= 0.3 is 0 Å². The first-order chi connectivity index (χ1) is 19.1. The van der Waals surface area contributed by atoms with Gasteiger partial charge in [-0.05, 0) is 62.1 Å². The molecule has 0 radical (unpaired) electrons. The SMILES string of the molecule is Cc1ccc(OC[C@@H](O)CN2CCN(CC(=O)CCc3cc(CC(C)C)n(-c4cc(Cl)cc(Cl)c4)n3)CC2)cc1. The van der Waals surface area contributed by atoms with Gasteiger partial charge in [0.1, 0.15) is 24.2 Å².